The van der Waals surface area contributed by atoms with Crippen molar-refractivity contribution in [1.82, 2.24) is 15.0 Å². The second-order valence-electron chi connectivity index (χ2n) is 13.2. The van der Waals surface area contributed by atoms with Gasteiger partial charge in [-0.3, -0.25) is 4.72 Å². The number of halogens is 2. The summed E-state index contributed by atoms with van der Waals surface area (Å²) in [6.45, 7) is 10.4. The Morgan fingerprint density at radius 2 is 1.78 bits per heavy atom. The largest absolute Gasteiger partial charge is 0.385 e. The smallest absolute Gasteiger partial charge is 0.237 e. The molecule has 0 unspecified atom stereocenters. The first-order chi connectivity index (χ1) is 23.1. The quantitative estimate of drug-likeness (QED) is 0.138. The number of benzene rings is 2. The molecule has 10 nitrogen and oxygen atoms in total. The highest BCUT2D eigenvalue weighted by molar-refractivity contribution is 7.92. The van der Waals surface area contributed by atoms with Crippen LogP contribution in [0.1, 0.15) is 70.0 Å². The molecule has 0 aliphatic carbocycles. The molecular weight excluding hydrogens is 691 g/mol. The average Bonchev–Trinajstić information content (AvgIpc) is 3.49. The summed E-state index contributed by atoms with van der Waals surface area (Å²) in [6, 6.07) is 8.99. The molecule has 5 rings (SSSR count). The molecule has 1 fully saturated rings. The van der Waals surface area contributed by atoms with Crippen molar-refractivity contribution in [3.8, 4) is 21.8 Å². The van der Waals surface area contributed by atoms with Crippen molar-refractivity contribution in [3.05, 3.63) is 70.4 Å². The van der Waals surface area contributed by atoms with Crippen molar-refractivity contribution in [2.45, 2.75) is 77.5 Å². The minimum absolute atomic E-state index is 0.0354. The Morgan fingerprint density at radius 1 is 1.04 bits per heavy atom. The standard InChI is InChI=1S/C34H42F2N6O4S3/c1-6-14-37-23-18-21(7-2)25(26(35)19-23)20-49(45,46)42-27-10-8-9-24(29(27)36)30-31(47-32(41-30)34(3,4)5)28-11-15-38-33(40-28)39-22-12-16-48(43,44)17-13-22/h8-11,15,18-19,22,37,42H,6-7,12-14,16-17,20H2,1-5H3,(H,38,39,40). The lowest BCUT2D eigenvalue weighted by Gasteiger charge is -2.23. The Balaban J connectivity index is 1.46. The van der Waals surface area contributed by atoms with E-state index >= 15 is 8.78 Å². The van der Waals surface area contributed by atoms with Crippen LogP contribution in [0.25, 0.3) is 21.8 Å². The Morgan fingerprint density at radius 3 is 2.45 bits per heavy atom. The van der Waals surface area contributed by atoms with Crippen LogP contribution in [0.2, 0.25) is 0 Å². The van der Waals surface area contributed by atoms with Crippen LogP contribution in [0.5, 0.6) is 0 Å². The second-order valence-corrected chi connectivity index (χ2v) is 18.2. The van der Waals surface area contributed by atoms with Crippen LogP contribution in [0.15, 0.2) is 42.6 Å². The maximum Gasteiger partial charge on any atom is 0.237 e. The number of nitrogens with one attached hydrogen (secondary N) is 3. The van der Waals surface area contributed by atoms with Gasteiger partial charge in [0.2, 0.25) is 16.0 Å². The predicted octanol–water partition coefficient (Wildman–Crippen LogP) is 7.16. The van der Waals surface area contributed by atoms with Crippen molar-refractivity contribution in [1.29, 1.82) is 0 Å². The molecule has 0 bridgehead atoms. The Kier molecular flexibility index (Phi) is 10.9. The first-order valence-corrected chi connectivity index (χ1v) is 20.5. The van der Waals surface area contributed by atoms with E-state index in [-0.39, 0.29) is 40.1 Å². The second kappa shape index (κ2) is 14.7. The van der Waals surface area contributed by atoms with Crippen molar-refractivity contribution >= 4 is 48.5 Å². The summed E-state index contributed by atoms with van der Waals surface area (Å²) < 4.78 is 84.4. The van der Waals surface area contributed by atoms with Gasteiger partial charge >= 0.3 is 0 Å². The number of hydrogen-bond donors (Lipinski definition) is 3. The normalized spacial score (nSPS) is 15.2. The molecule has 2 aromatic heterocycles. The summed E-state index contributed by atoms with van der Waals surface area (Å²) in [6.07, 6.45) is 3.72. The molecule has 0 amide bonds. The summed E-state index contributed by atoms with van der Waals surface area (Å²) in [5.41, 5.74) is 1.32. The first kappa shape index (κ1) is 36.6. The van der Waals surface area contributed by atoms with Crippen LogP contribution in [0.3, 0.4) is 0 Å². The monoisotopic (exact) mass is 732 g/mol. The molecule has 49 heavy (non-hydrogen) atoms. The Hall–Kier alpha value is -3.69. The number of sulfonamides is 1. The first-order valence-electron chi connectivity index (χ1n) is 16.3. The highest BCUT2D eigenvalue weighted by Gasteiger charge is 2.28. The SMILES string of the molecule is CCCNc1cc(F)c(CS(=O)(=O)Nc2cccc(-c3nc(C(C)(C)C)sc3-c3ccnc(NC4CCS(=O)(=O)CC4)n3)c2F)c(CC)c1. The van der Waals surface area contributed by atoms with E-state index in [0.717, 1.165) is 6.42 Å². The molecule has 0 atom stereocenters. The fourth-order valence-corrected chi connectivity index (χ4v) is 9.36. The molecule has 1 aliphatic rings. The van der Waals surface area contributed by atoms with Gasteiger partial charge in [0, 0.05) is 41.0 Å². The minimum Gasteiger partial charge on any atom is -0.385 e. The molecule has 0 radical (unpaired) electrons. The van der Waals surface area contributed by atoms with Crippen LogP contribution < -0.4 is 15.4 Å². The lowest BCUT2D eigenvalue weighted by molar-refractivity contribution is 0.558. The predicted molar refractivity (Wildman–Crippen MR) is 193 cm³/mol. The molecule has 3 N–H and O–H groups in total. The maximum atomic E-state index is 16.3. The van der Waals surface area contributed by atoms with Crippen molar-refractivity contribution < 1.29 is 25.6 Å². The van der Waals surface area contributed by atoms with Crippen LogP contribution in [0.4, 0.5) is 26.1 Å². The van der Waals surface area contributed by atoms with E-state index in [1.807, 2.05) is 34.6 Å². The molecule has 1 saturated heterocycles. The number of rotatable bonds is 12. The Labute approximate surface area is 291 Å². The van der Waals surface area contributed by atoms with E-state index in [1.54, 1.807) is 18.3 Å². The number of anilines is 3. The number of nitrogens with zero attached hydrogens (tertiary/aromatic N) is 3. The minimum atomic E-state index is -4.24. The molecule has 2 aromatic carbocycles. The summed E-state index contributed by atoms with van der Waals surface area (Å²) in [5, 5.41) is 7.08. The number of aryl methyl sites for hydroxylation is 1. The lowest BCUT2D eigenvalue weighted by Crippen LogP contribution is -2.32. The summed E-state index contributed by atoms with van der Waals surface area (Å²) in [4.78, 5) is 14.4. The molecule has 15 heteroatoms. The van der Waals surface area contributed by atoms with Gasteiger partial charge < -0.3 is 10.6 Å². The fourth-order valence-electron chi connectivity index (χ4n) is 5.50. The van der Waals surface area contributed by atoms with Crippen LogP contribution in [-0.4, -0.2) is 55.9 Å². The highest BCUT2D eigenvalue weighted by atomic mass is 32.2. The molecule has 3 heterocycles. The fraction of sp³-hybridized carbons (Fsp3) is 0.441. The van der Waals surface area contributed by atoms with Gasteiger partial charge in [0.1, 0.15) is 15.7 Å². The van der Waals surface area contributed by atoms with E-state index in [0.29, 0.717) is 58.6 Å². The highest BCUT2D eigenvalue weighted by Crippen LogP contribution is 2.42. The van der Waals surface area contributed by atoms with Gasteiger partial charge in [-0.2, -0.15) is 0 Å². The average molecular weight is 733 g/mol. The maximum absolute atomic E-state index is 16.3. The molecule has 0 spiro atoms. The van der Waals surface area contributed by atoms with Crippen molar-refractivity contribution in [3.63, 3.8) is 0 Å². The van der Waals surface area contributed by atoms with E-state index in [4.69, 9.17) is 4.98 Å². The third kappa shape index (κ3) is 8.92. The van der Waals surface area contributed by atoms with Crippen LogP contribution in [-0.2, 0) is 37.4 Å². The van der Waals surface area contributed by atoms with Gasteiger partial charge in [-0.25, -0.2) is 40.6 Å². The lowest BCUT2D eigenvalue weighted by atomic mass is 9.98. The van der Waals surface area contributed by atoms with Gasteiger partial charge in [0.05, 0.1) is 44.2 Å². The van der Waals surface area contributed by atoms with Gasteiger partial charge in [0.15, 0.2) is 5.82 Å². The zero-order chi connectivity index (χ0) is 35.6. The molecule has 0 saturated carbocycles. The number of hydrogen-bond acceptors (Lipinski definition) is 10. The number of sulfone groups is 1. The molecule has 1 aliphatic heterocycles. The zero-order valence-electron chi connectivity index (χ0n) is 28.2. The van der Waals surface area contributed by atoms with E-state index in [9.17, 15) is 16.8 Å². The van der Waals surface area contributed by atoms with E-state index < -0.39 is 42.7 Å². The summed E-state index contributed by atoms with van der Waals surface area (Å²) in [7, 11) is -7.27. The summed E-state index contributed by atoms with van der Waals surface area (Å²) in [5.74, 6) is -1.65. The van der Waals surface area contributed by atoms with Gasteiger partial charge in [-0.15, -0.1) is 11.3 Å². The van der Waals surface area contributed by atoms with Crippen LogP contribution >= 0.6 is 11.3 Å². The van der Waals surface area contributed by atoms with Crippen LogP contribution in [0, 0.1) is 11.6 Å². The van der Waals surface area contributed by atoms with Crippen molar-refractivity contribution in [2.24, 2.45) is 0 Å². The zero-order valence-corrected chi connectivity index (χ0v) is 30.7. The van der Waals surface area contributed by atoms with Gasteiger partial charge in [-0.05, 0) is 61.6 Å². The molecular formula is C34H42F2N6O4S3. The van der Waals surface area contributed by atoms with Gasteiger partial charge in [0.25, 0.3) is 0 Å². The summed E-state index contributed by atoms with van der Waals surface area (Å²) >= 11 is 1.35. The third-order valence-corrected chi connectivity index (χ3v) is 12.6. The molecule has 264 valence electrons. The van der Waals surface area contributed by atoms with Crippen molar-refractivity contribution in [2.75, 3.05) is 33.4 Å². The molecule has 4 aromatic rings. The topological polar surface area (TPSA) is 143 Å². The number of aromatic nitrogens is 3. The Bertz CT molecular complexity index is 2030. The van der Waals surface area contributed by atoms with Gasteiger partial charge in [-0.1, -0.05) is 40.7 Å². The van der Waals surface area contributed by atoms with E-state index in [1.165, 1.54) is 35.6 Å². The number of thiazole rings is 1. The third-order valence-electron chi connectivity index (χ3n) is 8.15. The van der Waals surface area contributed by atoms with E-state index in [2.05, 4.69) is 25.3 Å².